The highest BCUT2D eigenvalue weighted by Gasteiger charge is 2.29. The molecule has 0 saturated carbocycles. The van der Waals surface area contributed by atoms with Gasteiger partial charge in [0, 0.05) is 19.0 Å². The third kappa shape index (κ3) is 4.76. The average Bonchev–Trinajstić information content (AvgIpc) is 2.47. The van der Waals surface area contributed by atoms with Gasteiger partial charge in [0.1, 0.15) is 0 Å². The Hall–Kier alpha value is -1.52. The minimum Gasteiger partial charge on any atom is -0.309 e. The molecule has 5 heteroatoms. The lowest BCUT2D eigenvalue weighted by atomic mass is 10.1. The lowest BCUT2D eigenvalue weighted by molar-refractivity contribution is -0.137. The molecule has 2 aromatic carbocycles. The normalized spacial score (nSPS) is 11.6. The van der Waals surface area contributed by atoms with Gasteiger partial charge in [-0.3, -0.25) is 0 Å². The van der Waals surface area contributed by atoms with Crippen LogP contribution in [0.1, 0.15) is 22.3 Å². The number of hydrogen-bond acceptors (Lipinski definition) is 1. The molecule has 0 unspecified atom stereocenters. The standard InChI is InChI=1S/C16H15ClF3N/c17-9-13-2-1-3-14(8-13)11-21-10-12-4-6-15(7-5-12)16(18,19)20/h1-8,21H,9-11H2. The van der Waals surface area contributed by atoms with Gasteiger partial charge in [-0.15, -0.1) is 11.6 Å². The van der Waals surface area contributed by atoms with Crippen LogP contribution in [0.2, 0.25) is 0 Å². The van der Waals surface area contributed by atoms with Crippen molar-refractivity contribution >= 4 is 11.6 Å². The summed E-state index contributed by atoms with van der Waals surface area (Å²) in [5, 5.41) is 3.20. The molecule has 0 spiro atoms. The van der Waals surface area contributed by atoms with E-state index < -0.39 is 11.7 Å². The Bertz CT molecular complexity index is 579. The van der Waals surface area contributed by atoms with Crippen LogP contribution < -0.4 is 5.32 Å². The maximum absolute atomic E-state index is 12.4. The van der Waals surface area contributed by atoms with E-state index in [0.29, 0.717) is 19.0 Å². The number of rotatable bonds is 5. The number of nitrogens with one attached hydrogen (secondary N) is 1. The molecule has 0 bridgehead atoms. The van der Waals surface area contributed by atoms with Gasteiger partial charge in [-0.2, -0.15) is 13.2 Å². The Balaban J connectivity index is 1.88. The summed E-state index contributed by atoms with van der Waals surface area (Å²) in [7, 11) is 0. The van der Waals surface area contributed by atoms with Crippen LogP contribution >= 0.6 is 11.6 Å². The van der Waals surface area contributed by atoms with E-state index in [2.05, 4.69) is 5.32 Å². The SMILES string of the molecule is FC(F)(F)c1ccc(CNCc2cccc(CCl)c2)cc1. The predicted octanol–water partition coefficient (Wildman–Crippen LogP) is 4.73. The van der Waals surface area contributed by atoms with Crippen LogP contribution in [-0.2, 0) is 25.1 Å². The molecule has 0 aliphatic carbocycles. The summed E-state index contributed by atoms with van der Waals surface area (Å²) in [5.74, 6) is 0.465. The van der Waals surface area contributed by atoms with Gasteiger partial charge in [-0.05, 0) is 28.8 Å². The van der Waals surface area contributed by atoms with Crippen molar-refractivity contribution in [2.75, 3.05) is 0 Å². The van der Waals surface area contributed by atoms with Crippen molar-refractivity contribution in [2.24, 2.45) is 0 Å². The van der Waals surface area contributed by atoms with Gasteiger partial charge in [-0.25, -0.2) is 0 Å². The lowest BCUT2D eigenvalue weighted by Crippen LogP contribution is -2.13. The van der Waals surface area contributed by atoms with E-state index in [0.717, 1.165) is 28.8 Å². The summed E-state index contributed by atoms with van der Waals surface area (Å²) >= 11 is 5.77. The first-order chi connectivity index (χ1) is 9.99. The number of halogens is 4. The molecule has 0 aliphatic heterocycles. The molecule has 0 heterocycles. The van der Waals surface area contributed by atoms with Gasteiger partial charge in [0.15, 0.2) is 0 Å². The maximum Gasteiger partial charge on any atom is 0.416 e. The average molecular weight is 314 g/mol. The molecule has 0 amide bonds. The first kappa shape index (κ1) is 15.9. The molecule has 0 radical (unpaired) electrons. The highest BCUT2D eigenvalue weighted by molar-refractivity contribution is 6.17. The summed E-state index contributed by atoms with van der Waals surface area (Å²) in [6, 6.07) is 13.1. The monoisotopic (exact) mass is 313 g/mol. The quantitative estimate of drug-likeness (QED) is 0.787. The molecular weight excluding hydrogens is 299 g/mol. The van der Waals surface area contributed by atoms with E-state index in [-0.39, 0.29) is 0 Å². The number of alkyl halides is 4. The number of hydrogen-bond donors (Lipinski definition) is 1. The van der Waals surface area contributed by atoms with E-state index in [1.165, 1.54) is 12.1 Å². The van der Waals surface area contributed by atoms with Crippen LogP contribution in [0.5, 0.6) is 0 Å². The molecule has 0 fully saturated rings. The van der Waals surface area contributed by atoms with Crippen LogP contribution in [0.4, 0.5) is 13.2 Å². The summed E-state index contributed by atoms with van der Waals surface area (Å²) < 4.78 is 37.3. The van der Waals surface area contributed by atoms with Crippen LogP contribution in [0.3, 0.4) is 0 Å². The zero-order valence-electron chi connectivity index (χ0n) is 11.3. The molecule has 1 N–H and O–H groups in total. The molecule has 1 nitrogen and oxygen atoms in total. The second kappa shape index (κ2) is 6.96. The van der Waals surface area contributed by atoms with Gasteiger partial charge < -0.3 is 5.32 Å². The van der Waals surface area contributed by atoms with E-state index >= 15 is 0 Å². The van der Waals surface area contributed by atoms with Crippen molar-refractivity contribution in [2.45, 2.75) is 25.1 Å². The highest BCUT2D eigenvalue weighted by Crippen LogP contribution is 2.29. The lowest BCUT2D eigenvalue weighted by Gasteiger charge is -2.09. The summed E-state index contributed by atoms with van der Waals surface area (Å²) in [6.07, 6.45) is -4.28. The fraction of sp³-hybridized carbons (Fsp3) is 0.250. The molecular formula is C16H15ClF3N. The predicted molar refractivity (Wildman–Crippen MR) is 78.0 cm³/mol. The topological polar surface area (TPSA) is 12.0 Å². The van der Waals surface area contributed by atoms with Crippen LogP contribution in [0.25, 0.3) is 0 Å². The Morgan fingerprint density at radius 3 is 2.10 bits per heavy atom. The van der Waals surface area contributed by atoms with Crippen molar-refractivity contribution in [3.63, 3.8) is 0 Å². The largest absolute Gasteiger partial charge is 0.416 e. The fourth-order valence-electron chi connectivity index (χ4n) is 1.99. The fourth-order valence-corrected chi connectivity index (χ4v) is 2.15. The zero-order chi connectivity index (χ0) is 15.3. The van der Waals surface area contributed by atoms with Crippen molar-refractivity contribution in [3.8, 4) is 0 Å². The Morgan fingerprint density at radius 1 is 0.857 bits per heavy atom. The van der Waals surface area contributed by atoms with Gasteiger partial charge in [-0.1, -0.05) is 36.4 Å². The second-order valence-electron chi connectivity index (χ2n) is 4.75. The van der Waals surface area contributed by atoms with E-state index in [1.54, 1.807) is 0 Å². The second-order valence-corrected chi connectivity index (χ2v) is 5.02. The Morgan fingerprint density at radius 2 is 1.48 bits per heavy atom. The molecule has 0 atom stereocenters. The summed E-state index contributed by atoms with van der Waals surface area (Å²) in [6.45, 7) is 1.16. The van der Waals surface area contributed by atoms with Crippen molar-refractivity contribution in [1.82, 2.24) is 5.32 Å². The van der Waals surface area contributed by atoms with E-state index in [1.807, 2.05) is 24.3 Å². The molecule has 0 aromatic heterocycles. The molecule has 2 rings (SSSR count). The summed E-state index contributed by atoms with van der Waals surface area (Å²) in [5.41, 5.74) is 2.34. The van der Waals surface area contributed by atoms with Crippen LogP contribution in [-0.4, -0.2) is 0 Å². The molecule has 2 aromatic rings. The minimum absolute atomic E-state index is 0.465. The molecule has 21 heavy (non-hydrogen) atoms. The van der Waals surface area contributed by atoms with Crippen molar-refractivity contribution in [1.29, 1.82) is 0 Å². The third-order valence-electron chi connectivity index (χ3n) is 3.09. The van der Waals surface area contributed by atoms with Gasteiger partial charge in [0.05, 0.1) is 5.56 Å². The van der Waals surface area contributed by atoms with Crippen molar-refractivity contribution < 1.29 is 13.2 Å². The first-order valence-electron chi connectivity index (χ1n) is 6.49. The molecule has 112 valence electrons. The van der Waals surface area contributed by atoms with Crippen molar-refractivity contribution in [3.05, 3.63) is 70.8 Å². The number of benzene rings is 2. The zero-order valence-corrected chi connectivity index (χ0v) is 12.0. The Labute approximate surface area is 126 Å². The van der Waals surface area contributed by atoms with Crippen LogP contribution in [0.15, 0.2) is 48.5 Å². The van der Waals surface area contributed by atoms with Crippen LogP contribution in [0, 0.1) is 0 Å². The third-order valence-corrected chi connectivity index (χ3v) is 3.39. The minimum atomic E-state index is -4.28. The van der Waals surface area contributed by atoms with Gasteiger partial charge in [0.2, 0.25) is 0 Å². The molecule has 0 aliphatic rings. The van der Waals surface area contributed by atoms with E-state index in [4.69, 9.17) is 11.6 Å². The summed E-state index contributed by atoms with van der Waals surface area (Å²) in [4.78, 5) is 0. The first-order valence-corrected chi connectivity index (χ1v) is 7.03. The highest BCUT2D eigenvalue weighted by atomic mass is 35.5. The maximum atomic E-state index is 12.4. The van der Waals surface area contributed by atoms with Gasteiger partial charge >= 0.3 is 6.18 Å². The Kier molecular flexibility index (Phi) is 5.26. The molecule has 0 saturated heterocycles. The van der Waals surface area contributed by atoms with E-state index in [9.17, 15) is 13.2 Å². The van der Waals surface area contributed by atoms with Gasteiger partial charge in [0.25, 0.3) is 0 Å². The smallest absolute Gasteiger partial charge is 0.309 e.